The van der Waals surface area contributed by atoms with Crippen LogP contribution in [0.1, 0.15) is 25.7 Å². The molecular formula is C14H20O4. The second kappa shape index (κ2) is 5.10. The molecule has 4 aliphatic rings. The number of ketones is 2. The molecule has 2 saturated heterocycles. The van der Waals surface area contributed by atoms with Crippen molar-refractivity contribution in [3.8, 4) is 0 Å². The normalized spacial score (nSPS) is 41.6. The minimum Gasteiger partial charge on any atom is -0.381 e. The average molecular weight is 252 g/mol. The molecule has 2 heterocycles. The van der Waals surface area contributed by atoms with Gasteiger partial charge in [0.25, 0.3) is 0 Å². The Morgan fingerprint density at radius 2 is 0.889 bits per heavy atom. The van der Waals surface area contributed by atoms with Crippen molar-refractivity contribution in [3.63, 3.8) is 0 Å². The van der Waals surface area contributed by atoms with Crippen molar-refractivity contribution in [2.75, 3.05) is 26.4 Å². The number of rotatable bonds is 0. The lowest BCUT2D eigenvalue weighted by Crippen LogP contribution is -2.01. The van der Waals surface area contributed by atoms with Crippen LogP contribution in [0.5, 0.6) is 0 Å². The van der Waals surface area contributed by atoms with Gasteiger partial charge in [0.05, 0.1) is 26.4 Å². The number of carbonyl (C=O) groups excluding carboxylic acids is 2. The zero-order valence-corrected chi connectivity index (χ0v) is 10.6. The Bertz CT molecular complexity index is 290. The molecule has 0 amide bonds. The van der Waals surface area contributed by atoms with Gasteiger partial charge >= 0.3 is 0 Å². The van der Waals surface area contributed by atoms with Crippen LogP contribution in [0.15, 0.2) is 0 Å². The average Bonchev–Trinajstić information content (AvgIpc) is 2.97. The van der Waals surface area contributed by atoms with Crippen LogP contribution in [-0.4, -0.2) is 38.0 Å². The van der Waals surface area contributed by atoms with Crippen molar-refractivity contribution in [1.29, 1.82) is 0 Å². The summed E-state index contributed by atoms with van der Waals surface area (Å²) in [5, 5.41) is 0. The van der Waals surface area contributed by atoms with Crippen LogP contribution in [0, 0.1) is 23.7 Å². The van der Waals surface area contributed by atoms with E-state index >= 15 is 0 Å². The highest BCUT2D eigenvalue weighted by molar-refractivity contribution is 5.81. The molecule has 4 rings (SSSR count). The third-order valence-electron chi connectivity index (χ3n) is 4.62. The Hall–Kier alpha value is -0.740. The summed E-state index contributed by atoms with van der Waals surface area (Å²) in [7, 11) is 0. The number of ether oxygens (including phenoxy) is 2. The summed E-state index contributed by atoms with van der Waals surface area (Å²) >= 11 is 0. The second-order valence-electron chi connectivity index (χ2n) is 6.01. The first kappa shape index (κ1) is 12.3. The first-order chi connectivity index (χ1) is 8.72. The Morgan fingerprint density at radius 1 is 0.611 bits per heavy atom. The third-order valence-corrected chi connectivity index (χ3v) is 4.62. The molecule has 0 spiro atoms. The second-order valence-corrected chi connectivity index (χ2v) is 6.01. The Kier molecular flexibility index (Phi) is 3.48. The summed E-state index contributed by atoms with van der Waals surface area (Å²) in [5.74, 6) is 3.20. The molecule has 0 N–H and O–H groups in total. The molecule has 0 aromatic heterocycles. The number of Topliss-reactive ketones (excluding diaryl/α,β-unsaturated/α-hetero) is 2. The summed E-state index contributed by atoms with van der Waals surface area (Å²) in [6, 6.07) is 0. The highest BCUT2D eigenvalue weighted by Crippen LogP contribution is 2.34. The molecule has 4 heteroatoms. The highest BCUT2D eigenvalue weighted by atomic mass is 16.5. The predicted octanol–water partition coefficient (Wildman–Crippen LogP) is 1.22. The van der Waals surface area contributed by atoms with E-state index in [0.29, 0.717) is 35.2 Å². The fourth-order valence-electron chi connectivity index (χ4n) is 3.52. The van der Waals surface area contributed by atoms with Crippen LogP contribution in [0.2, 0.25) is 0 Å². The summed E-state index contributed by atoms with van der Waals surface area (Å²) in [6.07, 6.45) is 3.13. The lowest BCUT2D eigenvalue weighted by atomic mass is 10.0. The first-order valence-electron chi connectivity index (χ1n) is 6.91. The van der Waals surface area contributed by atoms with Crippen LogP contribution in [-0.2, 0) is 19.1 Å². The maximum Gasteiger partial charge on any atom is 0.133 e. The summed E-state index contributed by atoms with van der Waals surface area (Å²) in [5.41, 5.74) is 0. The van der Waals surface area contributed by atoms with E-state index in [4.69, 9.17) is 9.47 Å². The third kappa shape index (κ3) is 2.50. The van der Waals surface area contributed by atoms with E-state index in [0.717, 1.165) is 52.1 Å². The van der Waals surface area contributed by atoms with Crippen molar-refractivity contribution in [1.82, 2.24) is 0 Å². The van der Waals surface area contributed by atoms with Crippen LogP contribution < -0.4 is 0 Å². The maximum atomic E-state index is 10.8. The topological polar surface area (TPSA) is 52.6 Å². The van der Waals surface area contributed by atoms with Crippen LogP contribution in [0.4, 0.5) is 0 Å². The number of fused-ring (bicyclic) bond motifs is 2. The molecular weight excluding hydrogens is 232 g/mol. The van der Waals surface area contributed by atoms with Crippen molar-refractivity contribution < 1.29 is 19.1 Å². The van der Waals surface area contributed by atoms with Crippen molar-refractivity contribution in [3.05, 3.63) is 0 Å². The molecule has 4 nitrogen and oxygen atoms in total. The summed E-state index contributed by atoms with van der Waals surface area (Å²) in [6.45, 7) is 3.32. The zero-order valence-electron chi connectivity index (χ0n) is 10.6. The molecule has 2 aliphatic heterocycles. The minimum atomic E-state index is 0.438. The predicted molar refractivity (Wildman–Crippen MR) is 64.1 cm³/mol. The van der Waals surface area contributed by atoms with Gasteiger partial charge in [-0.2, -0.15) is 0 Å². The van der Waals surface area contributed by atoms with Crippen molar-refractivity contribution >= 4 is 11.6 Å². The lowest BCUT2D eigenvalue weighted by molar-refractivity contribution is -0.119. The maximum absolute atomic E-state index is 10.8. The largest absolute Gasteiger partial charge is 0.381 e. The molecule has 2 aliphatic carbocycles. The zero-order chi connectivity index (χ0) is 12.5. The van der Waals surface area contributed by atoms with Crippen LogP contribution in [0.3, 0.4) is 0 Å². The molecule has 100 valence electrons. The van der Waals surface area contributed by atoms with E-state index in [1.54, 1.807) is 0 Å². The van der Waals surface area contributed by atoms with Gasteiger partial charge in [-0.1, -0.05) is 0 Å². The fourth-order valence-corrected chi connectivity index (χ4v) is 3.52. The van der Waals surface area contributed by atoms with Gasteiger partial charge in [-0.25, -0.2) is 0 Å². The fraction of sp³-hybridized carbons (Fsp3) is 0.857. The monoisotopic (exact) mass is 252 g/mol. The quantitative estimate of drug-likeness (QED) is 0.650. The Balaban J connectivity index is 0.000000111. The molecule has 0 bridgehead atoms. The number of hydrogen-bond donors (Lipinski definition) is 0. The van der Waals surface area contributed by atoms with Gasteiger partial charge in [0, 0.05) is 25.7 Å². The molecule has 18 heavy (non-hydrogen) atoms. The SMILES string of the molecule is O=C1C[C@@H]2COC[C@H]2C1.O=C1C[C@H]2COC[C@@H]2C1. The smallest absolute Gasteiger partial charge is 0.133 e. The molecule has 4 fully saturated rings. The van der Waals surface area contributed by atoms with E-state index in [1.807, 2.05) is 0 Å². The van der Waals surface area contributed by atoms with Gasteiger partial charge in [0.2, 0.25) is 0 Å². The van der Waals surface area contributed by atoms with Gasteiger partial charge in [0.15, 0.2) is 0 Å². The van der Waals surface area contributed by atoms with E-state index in [1.165, 1.54) is 0 Å². The molecule has 0 aromatic carbocycles. The molecule has 2 saturated carbocycles. The molecule has 0 aromatic rings. The lowest BCUT2D eigenvalue weighted by Gasteiger charge is -1.99. The Labute approximate surface area is 107 Å². The number of carbonyl (C=O) groups is 2. The van der Waals surface area contributed by atoms with E-state index in [9.17, 15) is 9.59 Å². The van der Waals surface area contributed by atoms with E-state index in [-0.39, 0.29) is 0 Å². The molecule has 4 atom stereocenters. The van der Waals surface area contributed by atoms with Crippen molar-refractivity contribution in [2.45, 2.75) is 25.7 Å². The first-order valence-corrected chi connectivity index (χ1v) is 6.91. The van der Waals surface area contributed by atoms with Gasteiger partial charge in [-0.05, 0) is 23.7 Å². The Morgan fingerprint density at radius 3 is 1.17 bits per heavy atom. The standard InChI is InChI=1S/2C7H10O2/c2*8-7-1-5-3-9-4-6(5)2-7/h2*5-6H,1-4H2/t2*5-,6-/m10/s1. The summed E-state index contributed by atoms with van der Waals surface area (Å²) < 4.78 is 10.4. The highest BCUT2D eigenvalue weighted by Gasteiger charge is 2.37. The van der Waals surface area contributed by atoms with Gasteiger partial charge in [-0.3, -0.25) is 9.59 Å². The minimum absolute atomic E-state index is 0.438. The van der Waals surface area contributed by atoms with Crippen LogP contribution >= 0.6 is 0 Å². The van der Waals surface area contributed by atoms with E-state index < -0.39 is 0 Å². The van der Waals surface area contributed by atoms with Gasteiger partial charge in [0.1, 0.15) is 11.6 Å². The van der Waals surface area contributed by atoms with E-state index in [2.05, 4.69) is 0 Å². The molecule has 0 radical (unpaired) electrons. The van der Waals surface area contributed by atoms with Gasteiger partial charge < -0.3 is 9.47 Å². The summed E-state index contributed by atoms with van der Waals surface area (Å²) in [4.78, 5) is 21.6. The number of hydrogen-bond acceptors (Lipinski definition) is 4. The van der Waals surface area contributed by atoms with Gasteiger partial charge in [-0.15, -0.1) is 0 Å². The molecule has 0 unspecified atom stereocenters. The van der Waals surface area contributed by atoms with Crippen molar-refractivity contribution in [2.24, 2.45) is 23.7 Å². The van der Waals surface area contributed by atoms with Crippen LogP contribution in [0.25, 0.3) is 0 Å².